The number of nitrogens with one attached hydrogen (secondary N) is 2. The van der Waals surface area contributed by atoms with Crippen LogP contribution in [0.1, 0.15) is 43.2 Å². The number of amides is 1. The summed E-state index contributed by atoms with van der Waals surface area (Å²) in [6.45, 7) is 5.49. The Labute approximate surface area is 141 Å². The molecule has 9 heteroatoms. The van der Waals surface area contributed by atoms with Crippen molar-refractivity contribution in [3.05, 3.63) is 11.9 Å². The number of hydrogen-bond acceptors (Lipinski definition) is 6. The number of carbonyl (C=O) groups excluding carboxylic acids is 2. The van der Waals surface area contributed by atoms with Gasteiger partial charge in [-0.15, -0.1) is 17.5 Å². The monoisotopic (exact) mass is 345 g/mol. The molecule has 2 N–H and O–H groups in total. The molecule has 2 heterocycles. The van der Waals surface area contributed by atoms with Crippen LogP contribution in [-0.2, 0) is 9.53 Å². The van der Waals surface area contributed by atoms with E-state index in [0.29, 0.717) is 0 Å². The molecule has 1 amide bonds. The molecule has 1 aromatic heterocycles. The third-order valence-corrected chi connectivity index (χ3v) is 3.85. The molecule has 0 unspecified atom stereocenters. The standard InChI is InChI=1S/C14H23N5O3.ClH/c1-14(2,13(21)22-3)9-16-12(20)11-8-19(18-17-11)10-4-6-15-7-5-10;/h8,10,15H,4-7,9H2,1-3H3,(H,16,20);1H. The lowest BCUT2D eigenvalue weighted by atomic mass is 9.94. The van der Waals surface area contributed by atoms with E-state index in [0.717, 1.165) is 25.9 Å². The first-order valence-electron chi connectivity index (χ1n) is 7.43. The zero-order chi connectivity index (χ0) is 16.2. The predicted molar refractivity (Wildman–Crippen MR) is 86.5 cm³/mol. The van der Waals surface area contributed by atoms with Gasteiger partial charge in [0.05, 0.1) is 24.8 Å². The van der Waals surface area contributed by atoms with Crippen LogP contribution in [0.5, 0.6) is 0 Å². The van der Waals surface area contributed by atoms with E-state index in [9.17, 15) is 9.59 Å². The molecule has 0 aromatic carbocycles. The van der Waals surface area contributed by atoms with Crippen molar-refractivity contribution in [3.63, 3.8) is 0 Å². The number of nitrogens with zero attached hydrogens (tertiary/aromatic N) is 3. The van der Waals surface area contributed by atoms with Gasteiger partial charge < -0.3 is 15.4 Å². The lowest BCUT2D eigenvalue weighted by Gasteiger charge is -2.22. The Hall–Kier alpha value is -1.67. The topological polar surface area (TPSA) is 98.1 Å². The van der Waals surface area contributed by atoms with Gasteiger partial charge in [0.1, 0.15) is 0 Å². The molecule has 1 fully saturated rings. The van der Waals surface area contributed by atoms with Crippen molar-refractivity contribution in [2.45, 2.75) is 32.7 Å². The second kappa shape index (κ2) is 8.26. The molecule has 1 saturated heterocycles. The fraction of sp³-hybridized carbons (Fsp3) is 0.714. The first kappa shape index (κ1) is 19.4. The molecule has 1 aromatic rings. The normalized spacial score (nSPS) is 15.6. The fourth-order valence-corrected chi connectivity index (χ4v) is 2.37. The predicted octanol–water partition coefficient (Wildman–Crippen LogP) is 0.553. The highest BCUT2D eigenvalue weighted by Gasteiger charge is 2.29. The molecule has 0 bridgehead atoms. The largest absolute Gasteiger partial charge is 0.469 e. The van der Waals surface area contributed by atoms with Crippen LogP contribution in [0.2, 0.25) is 0 Å². The van der Waals surface area contributed by atoms with E-state index in [1.807, 2.05) is 0 Å². The lowest BCUT2D eigenvalue weighted by Crippen LogP contribution is -2.39. The number of ether oxygens (including phenoxy) is 1. The first-order valence-corrected chi connectivity index (χ1v) is 7.43. The number of methoxy groups -OCH3 is 1. The number of hydrogen-bond donors (Lipinski definition) is 2. The van der Waals surface area contributed by atoms with E-state index < -0.39 is 5.41 Å². The molecule has 0 atom stereocenters. The van der Waals surface area contributed by atoms with Crippen molar-refractivity contribution in [1.82, 2.24) is 25.6 Å². The molecule has 23 heavy (non-hydrogen) atoms. The van der Waals surface area contributed by atoms with E-state index in [1.165, 1.54) is 7.11 Å². The summed E-state index contributed by atoms with van der Waals surface area (Å²) in [5, 5.41) is 13.9. The summed E-state index contributed by atoms with van der Waals surface area (Å²) in [6, 6.07) is 0.279. The maximum atomic E-state index is 12.1. The minimum Gasteiger partial charge on any atom is -0.469 e. The Morgan fingerprint density at radius 1 is 1.43 bits per heavy atom. The second-order valence-electron chi connectivity index (χ2n) is 6.12. The summed E-state index contributed by atoms with van der Waals surface area (Å²) in [5.74, 6) is -0.705. The minimum atomic E-state index is -0.782. The van der Waals surface area contributed by atoms with Gasteiger partial charge in [0, 0.05) is 6.54 Å². The van der Waals surface area contributed by atoms with Crippen LogP contribution in [0.25, 0.3) is 0 Å². The number of esters is 1. The van der Waals surface area contributed by atoms with Crippen LogP contribution in [-0.4, -0.2) is 53.6 Å². The molecule has 0 saturated carbocycles. The Bertz CT molecular complexity index is 540. The van der Waals surface area contributed by atoms with Gasteiger partial charge in [0.15, 0.2) is 5.69 Å². The zero-order valence-corrected chi connectivity index (χ0v) is 14.5. The molecular formula is C14H24ClN5O3. The molecule has 1 aliphatic heterocycles. The van der Waals surface area contributed by atoms with Crippen molar-refractivity contribution in [2.75, 3.05) is 26.7 Å². The number of halogens is 1. The van der Waals surface area contributed by atoms with Crippen LogP contribution < -0.4 is 10.6 Å². The highest BCUT2D eigenvalue weighted by Crippen LogP contribution is 2.18. The summed E-state index contributed by atoms with van der Waals surface area (Å²) < 4.78 is 6.46. The Balaban J connectivity index is 0.00000264. The van der Waals surface area contributed by atoms with Gasteiger partial charge in [-0.3, -0.25) is 9.59 Å². The Morgan fingerprint density at radius 3 is 2.70 bits per heavy atom. The van der Waals surface area contributed by atoms with Crippen LogP contribution in [0.15, 0.2) is 6.20 Å². The van der Waals surface area contributed by atoms with Crippen molar-refractivity contribution in [2.24, 2.45) is 5.41 Å². The third kappa shape index (κ3) is 4.90. The smallest absolute Gasteiger partial charge is 0.313 e. The van der Waals surface area contributed by atoms with Crippen molar-refractivity contribution in [3.8, 4) is 0 Å². The quantitative estimate of drug-likeness (QED) is 0.756. The minimum absolute atomic E-state index is 0. The first-order chi connectivity index (χ1) is 10.4. The van der Waals surface area contributed by atoms with Gasteiger partial charge >= 0.3 is 5.97 Å². The molecule has 130 valence electrons. The molecule has 0 radical (unpaired) electrons. The average Bonchev–Trinajstić information content (AvgIpc) is 3.02. The lowest BCUT2D eigenvalue weighted by molar-refractivity contribution is -0.150. The van der Waals surface area contributed by atoms with Gasteiger partial charge in [-0.2, -0.15) is 0 Å². The van der Waals surface area contributed by atoms with Crippen molar-refractivity contribution in [1.29, 1.82) is 0 Å². The number of aromatic nitrogens is 3. The highest BCUT2D eigenvalue weighted by molar-refractivity contribution is 5.92. The SMILES string of the molecule is COC(=O)C(C)(C)CNC(=O)c1cn(C2CCNCC2)nn1.Cl. The van der Waals surface area contributed by atoms with E-state index in [-0.39, 0.29) is 42.6 Å². The highest BCUT2D eigenvalue weighted by atomic mass is 35.5. The number of rotatable bonds is 5. The maximum absolute atomic E-state index is 12.1. The second-order valence-corrected chi connectivity index (χ2v) is 6.12. The van der Waals surface area contributed by atoms with Gasteiger partial charge in [-0.1, -0.05) is 5.21 Å². The van der Waals surface area contributed by atoms with E-state index >= 15 is 0 Å². The summed E-state index contributed by atoms with van der Waals surface area (Å²) in [6.07, 6.45) is 3.61. The maximum Gasteiger partial charge on any atom is 0.313 e. The van der Waals surface area contributed by atoms with E-state index in [4.69, 9.17) is 4.74 Å². The molecule has 1 aliphatic rings. The van der Waals surface area contributed by atoms with Gasteiger partial charge in [0.25, 0.3) is 5.91 Å². The Kier molecular flexibility index (Phi) is 6.96. The van der Waals surface area contributed by atoms with Crippen LogP contribution in [0.3, 0.4) is 0 Å². The van der Waals surface area contributed by atoms with E-state index in [1.54, 1.807) is 24.7 Å². The van der Waals surface area contributed by atoms with E-state index in [2.05, 4.69) is 20.9 Å². The average molecular weight is 346 g/mol. The summed E-state index contributed by atoms with van der Waals surface area (Å²) in [4.78, 5) is 23.7. The van der Waals surface area contributed by atoms with Crippen LogP contribution in [0.4, 0.5) is 0 Å². The zero-order valence-electron chi connectivity index (χ0n) is 13.7. The summed E-state index contributed by atoms with van der Waals surface area (Å²) in [7, 11) is 1.33. The summed E-state index contributed by atoms with van der Waals surface area (Å²) in [5.41, 5.74) is -0.519. The molecular weight excluding hydrogens is 322 g/mol. The Morgan fingerprint density at radius 2 is 2.09 bits per heavy atom. The third-order valence-electron chi connectivity index (χ3n) is 3.85. The van der Waals surface area contributed by atoms with Gasteiger partial charge in [-0.05, 0) is 39.8 Å². The van der Waals surface area contributed by atoms with Crippen molar-refractivity contribution >= 4 is 24.3 Å². The fourth-order valence-electron chi connectivity index (χ4n) is 2.37. The van der Waals surface area contributed by atoms with Crippen LogP contribution >= 0.6 is 12.4 Å². The molecule has 0 aliphatic carbocycles. The van der Waals surface area contributed by atoms with Crippen molar-refractivity contribution < 1.29 is 14.3 Å². The molecule has 0 spiro atoms. The molecule has 2 rings (SSSR count). The number of piperidine rings is 1. The number of carbonyl (C=O) groups is 2. The van der Waals surface area contributed by atoms with Gasteiger partial charge in [0.2, 0.25) is 0 Å². The van der Waals surface area contributed by atoms with Crippen LogP contribution in [0, 0.1) is 5.41 Å². The summed E-state index contributed by atoms with van der Waals surface area (Å²) >= 11 is 0. The molecule has 8 nitrogen and oxygen atoms in total. The van der Waals surface area contributed by atoms with Gasteiger partial charge in [-0.25, -0.2) is 4.68 Å².